The number of benzene rings is 1. The van der Waals surface area contributed by atoms with E-state index in [1.54, 1.807) is 0 Å². The van der Waals surface area contributed by atoms with Crippen molar-refractivity contribution in [2.45, 2.75) is 34.1 Å². The molecular weight excluding hydrogens is 182 g/mol. The maximum Gasteiger partial charge on any atom is -0.000804 e. The van der Waals surface area contributed by atoms with Crippen LogP contribution in [0.4, 0.5) is 0 Å². The first kappa shape index (κ1) is 12.3. The van der Waals surface area contributed by atoms with Crippen molar-refractivity contribution in [3.63, 3.8) is 0 Å². The fourth-order valence-corrected chi connectivity index (χ4v) is 1.85. The van der Waals surface area contributed by atoms with Crippen LogP contribution in [0.15, 0.2) is 18.2 Å². The zero-order valence-corrected chi connectivity index (χ0v) is 10.4. The highest BCUT2D eigenvalue weighted by atomic mass is 14.8. The van der Waals surface area contributed by atoms with Crippen molar-refractivity contribution in [1.29, 1.82) is 0 Å². The van der Waals surface area contributed by atoms with E-state index in [2.05, 4.69) is 51.2 Å². The van der Waals surface area contributed by atoms with Crippen molar-refractivity contribution in [1.82, 2.24) is 5.32 Å². The molecule has 0 amide bonds. The molecule has 1 rings (SSSR count). The van der Waals surface area contributed by atoms with Gasteiger partial charge in [-0.05, 0) is 56.0 Å². The number of hydrogen-bond donors (Lipinski definition) is 1. The molecule has 1 heteroatoms. The third kappa shape index (κ3) is 4.05. The summed E-state index contributed by atoms with van der Waals surface area (Å²) in [6, 6.07) is 6.53. The molecule has 0 atom stereocenters. The molecule has 0 fully saturated rings. The van der Waals surface area contributed by atoms with Crippen LogP contribution in [0.5, 0.6) is 0 Å². The maximum absolute atomic E-state index is 3.49. The van der Waals surface area contributed by atoms with Crippen LogP contribution < -0.4 is 5.32 Å². The molecule has 84 valence electrons. The Morgan fingerprint density at radius 2 is 1.73 bits per heavy atom. The van der Waals surface area contributed by atoms with E-state index in [0.29, 0.717) is 0 Å². The Kier molecular flexibility index (Phi) is 4.83. The molecule has 1 aromatic rings. The molecule has 0 bridgehead atoms. The highest BCUT2D eigenvalue weighted by Gasteiger charge is 2.01. The van der Waals surface area contributed by atoms with Gasteiger partial charge in [-0.1, -0.05) is 32.0 Å². The summed E-state index contributed by atoms with van der Waals surface area (Å²) in [6.45, 7) is 11.1. The van der Waals surface area contributed by atoms with Crippen molar-refractivity contribution in [3.8, 4) is 0 Å². The summed E-state index contributed by atoms with van der Waals surface area (Å²) in [4.78, 5) is 0. The molecule has 1 aromatic carbocycles. The molecule has 0 saturated carbocycles. The Bertz CT molecular complexity index is 282. The van der Waals surface area contributed by atoms with E-state index in [4.69, 9.17) is 0 Å². The SMILES string of the molecule is Cc1cccc(C)c1CCNCC(C)C. The minimum absolute atomic E-state index is 0.739. The van der Waals surface area contributed by atoms with Gasteiger partial charge >= 0.3 is 0 Å². The highest BCUT2D eigenvalue weighted by Crippen LogP contribution is 2.13. The topological polar surface area (TPSA) is 12.0 Å². The molecule has 0 spiro atoms. The summed E-state index contributed by atoms with van der Waals surface area (Å²) < 4.78 is 0. The quantitative estimate of drug-likeness (QED) is 0.728. The maximum atomic E-state index is 3.49. The third-order valence-electron chi connectivity index (χ3n) is 2.75. The number of hydrogen-bond acceptors (Lipinski definition) is 1. The summed E-state index contributed by atoms with van der Waals surface area (Å²) in [6.07, 6.45) is 1.14. The van der Waals surface area contributed by atoms with E-state index < -0.39 is 0 Å². The highest BCUT2D eigenvalue weighted by molar-refractivity contribution is 5.33. The number of nitrogens with one attached hydrogen (secondary N) is 1. The molecule has 0 aromatic heterocycles. The summed E-state index contributed by atoms with van der Waals surface area (Å²) in [5.74, 6) is 0.739. The molecule has 0 radical (unpaired) electrons. The zero-order chi connectivity index (χ0) is 11.3. The Morgan fingerprint density at radius 1 is 1.13 bits per heavy atom. The number of aryl methyl sites for hydroxylation is 2. The molecule has 1 N–H and O–H groups in total. The standard InChI is InChI=1S/C14H23N/c1-11(2)10-15-9-8-14-12(3)6-5-7-13(14)4/h5-7,11,15H,8-10H2,1-4H3. The van der Waals surface area contributed by atoms with Crippen LogP contribution in [-0.2, 0) is 6.42 Å². The van der Waals surface area contributed by atoms with Gasteiger partial charge < -0.3 is 5.32 Å². The van der Waals surface area contributed by atoms with Gasteiger partial charge in [0.25, 0.3) is 0 Å². The lowest BCUT2D eigenvalue weighted by Gasteiger charge is -2.11. The van der Waals surface area contributed by atoms with E-state index in [1.165, 1.54) is 16.7 Å². The average Bonchev–Trinajstić information content (AvgIpc) is 2.15. The van der Waals surface area contributed by atoms with Gasteiger partial charge in [0, 0.05) is 0 Å². The van der Waals surface area contributed by atoms with E-state index in [9.17, 15) is 0 Å². The summed E-state index contributed by atoms with van der Waals surface area (Å²) in [7, 11) is 0. The van der Waals surface area contributed by atoms with Gasteiger partial charge in [0.05, 0.1) is 0 Å². The van der Waals surface area contributed by atoms with Crippen molar-refractivity contribution in [3.05, 3.63) is 34.9 Å². The second-order valence-electron chi connectivity index (χ2n) is 4.72. The fraction of sp³-hybridized carbons (Fsp3) is 0.571. The van der Waals surface area contributed by atoms with Crippen LogP contribution in [0.3, 0.4) is 0 Å². The van der Waals surface area contributed by atoms with E-state index in [1.807, 2.05) is 0 Å². The molecule has 0 unspecified atom stereocenters. The molecular formula is C14H23N. The third-order valence-corrected chi connectivity index (χ3v) is 2.75. The normalized spacial score (nSPS) is 11.0. The molecule has 0 aliphatic heterocycles. The monoisotopic (exact) mass is 205 g/mol. The Balaban J connectivity index is 2.43. The van der Waals surface area contributed by atoms with Gasteiger partial charge in [0.2, 0.25) is 0 Å². The van der Waals surface area contributed by atoms with Crippen LogP contribution in [0.1, 0.15) is 30.5 Å². The predicted octanol–water partition coefficient (Wildman–Crippen LogP) is 3.09. The van der Waals surface area contributed by atoms with Crippen LogP contribution in [0.2, 0.25) is 0 Å². The van der Waals surface area contributed by atoms with Crippen molar-refractivity contribution >= 4 is 0 Å². The first-order valence-electron chi connectivity index (χ1n) is 5.87. The fourth-order valence-electron chi connectivity index (χ4n) is 1.85. The predicted molar refractivity (Wildman–Crippen MR) is 67.3 cm³/mol. The minimum Gasteiger partial charge on any atom is -0.316 e. The Morgan fingerprint density at radius 3 is 2.27 bits per heavy atom. The Labute approximate surface area is 93.9 Å². The molecule has 0 saturated heterocycles. The Hall–Kier alpha value is -0.820. The van der Waals surface area contributed by atoms with E-state index in [-0.39, 0.29) is 0 Å². The number of rotatable bonds is 5. The molecule has 0 aliphatic rings. The first-order valence-corrected chi connectivity index (χ1v) is 5.87. The van der Waals surface area contributed by atoms with Gasteiger partial charge in [-0.2, -0.15) is 0 Å². The second kappa shape index (κ2) is 5.92. The van der Waals surface area contributed by atoms with Crippen molar-refractivity contribution in [2.75, 3.05) is 13.1 Å². The zero-order valence-electron chi connectivity index (χ0n) is 10.4. The van der Waals surface area contributed by atoms with Crippen LogP contribution in [0, 0.1) is 19.8 Å². The average molecular weight is 205 g/mol. The molecule has 0 heterocycles. The van der Waals surface area contributed by atoms with Gasteiger partial charge in [-0.3, -0.25) is 0 Å². The molecule has 1 nitrogen and oxygen atoms in total. The van der Waals surface area contributed by atoms with E-state index >= 15 is 0 Å². The van der Waals surface area contributed by atoms with Gasteiger partial charge in [-0.15, -0.1) is 0 Å². The minimum atomic E-state index is 0.739. The lowest BCUT2D eigenvalue weighted by molar-refractivity contribution is 0.553. The van der Waals surface area contributed by atoms with Crippen LogP contribution >= 0.6 is 0 Å². The van der Waals surface area contributed by atoms with Crippen LogP contribution in [-0.4, -0.2) is 13.1 Å². The second-order valence-corrected chi connectivity index (χ2v) is 4.72. The summed E-state index contributed by atoms with van der Waals surface area (Å²) >= 11 is 0. The summed E-state index contributed by atoms with van der Waals surface area (Å²) in [5, 5.41) is 3.49. The van der Waals surface area contributed by atoms with Crippen LogP contribution in [0.25, 0.3) is 0 Å². The molecule has 15 heavy (non-hydrogen) atoms. The van der Waals surface area contributed by atoms with Gasteiger partial charge in [0.1, 0.15) is 0 Å². The largest absolute Gasteiger partial charge is 0.316 e. The summed E-state index contributed by atoms with van der Waals surface area (Å²) in [5.41, 5.74) is 4.34. The smallest absolute Gasteiger partial charge is 0.000804 e. The van der Waals surface area contributed by atoms with Crippen molar-refractivity contribution < 1.29 is 0 Å². The van der Waals surface area contributed by atoms with Gasteiger partial charge in [-0.25, -0.2) is 0 Å². The lowest BCUT2D eigenvalue weighted by atomic mass is 10.0. The van der Waals surface area contributed by atoms with Crippen molar-refractivity contribution in [2.24, 2.45) is 5.92 Å². The van der Waals surface area contributed by atoms with Gasteiger partial charge in [0.15, 0.2) is 0 Å². The van der Waals surface area contributed by atoms with E-state index in [0.717, 1.165) is 25.4 Å². The first-order chi connectivity index (χ1) is 7.11. The molecule has 0 aliphatic carbocycles. The lowest BCUT2D eigenvalue weighted by Crippen LogP contribution is -2.22.